The van der Waals surface area contributed by atoms with Crippen LogP contribution in [0.2, 0.25) is 0 Å². The van der Waals surface area contributed by atoms with E-state index in [4.69, 9.17) is 9.47 Å². The molecule has 0 unspecified atom stereocenters. The Labute approximate surface area is 112 Å². The minimum atomic E-state index is 0.0955. The number of hydrogen-bond acceptors (Lipinski definition) is 4. The molecule has 4 rings (SSSR count). The molecule has 19 heavy (non-hydrogen) atoms. The Morgan fingerprint density at radius 3 is 2.42 bits per heavy atom. The van der Waals surface area contributed by atoms with E-state index in [1.54, 1.807) is 6.92 Å². The molecule has 0 atom stereocenters. The zero-order valence-corrected chi connectivity index (χ0v) is 11.0. The third-order valence-electron chi connectivity index (χ3n) is 4.39. The van der Waals surface area contributed by atoms with Crippen LogP contribution in [0.15, 0.2) is 0 Å². The number of fused-ring (bicyclic) bond motifs is 2. The van der Waals surface area contributed by atoms with Gasteiger partial charge in [0, 0.05) is 48.5 Å². The Balaban J connectivity index is 2.00. The highest BCUT2D eigenvalue weighted by Crippen LogP contribution is 2.48. The first kappa shape index (κ1) is 11.3. The van der Waals surface area contributed by atoms with Gasteiger partial charge in [0.1, 0.15) is 11.5 Å². The van der Waals surface area contributed by atoms with E-state index >= 15 is 0 Å². The topological polar surface area (TPSA) is 47.6 Å². The second kappa shape index (κ2) is 3.97. The van der Waals surface area contributed by atoms with E-state index in [1.807, 2.05) is 0 Å². The standard InChI is InChI=1S/C15H17NO3/c1-8(17)12-10-2-4-19-15(10)13(9-6-16-7-9)11-3-5-18-14(11)12/h9,16H,2-7H2,1H3. The first-order valence-corrected chi connectivity index (χ1v) is 6.96. The SMILES string of the molecule is CC(=O)c1c2c(c(C3CNC3)c3c1OCC3)OCC2. The molecule has 1 aromatic carbocycles. The largest absolute Gasteiger partial charge is 0.493 e. The number of hydrogen-bond donors (Lipinski definition) is 1. The molecule has 0 amide bonds. The summed E-state index contributed by atoms with van der Waals surface area (Å²) in [4.78, 5) is 12.0. The summed E-state index contributed by atoms with van der Waals surface area (Å²) in [6.07, 6.45) is 1.73. The minimum Gasteiger partial charge on any atom is -0.493 e. The van der Waals surface area contributed by atoms with Crippen LogP contribution in [0.25, 0.3) is 0 Å². The molecule has 0 spiro atoms. The van der Waals surface area contributed by atoms with Gasteiger partial charge in [-0.05, 0) is 6.92 Å². The lowest BCUT2D eigenvalue weighted by Gasteiger charge is -2.31. The Bertz CT molecular complexity index is 540. The van der Waals surface area contributed by atoms with E-state index in [-0.39, 0.29) is 5.78 Å². The first-order chi connectivity index (χ1) is 9.27. The summed E-state index contributed by atoms with van der Waals surface area (Å²) in [5, 5.41) is 3.32. The van der Waals surface area contributed by atoms with E-state index in [0.717, 1.165) is 48.6 Å². The molecule has 0 saturated carbocycles. The number of ketones is 1. The van der Waals surface area contributed by atoms with Crippen molar-refractivity contribution in [2.45, 2.75) is 25.7 Å². The summed E-state index contributed by atoms with van der Waals surface area (Å²) in [5.74, 6) is 2.45. The lowest BCUT2D eigenvalue weighted by atomic mass is 9.84. The van der Waals surface area contributed by atoms with Crippen molar-refractivity contribution < 1.29 is 14.3 Å². The normalized spacial score (nSPS) is 20.3. The summed E-state index contributed by atoms with van der Waals surface area (Å²) in [5.41, 5.74) is 4.38. The third kappa shape index (κ3) is 1.46. The van der Waals surface area contributed by atoms with Crippen molar-refractivity contribution in [2.75, 3.05) is 26.3 Å². The van der Waals surface area contributed by atoms with Gasteiger partial charge in [0.05, 0.1) is 18.8 Å². The molecule has 3 aliphatic rings. The third-order valence-corrected chi connectivity index (χ3v) is 4.39. The van der Waals surface area contributed by atoms with Crippen LogP contribution < -0.4 is 14.8 Å². The molecule has 1 saturated heterocycles. The van der Waals surface area contributed by atoms with Gasteiger partial charge in [-0.2, -0.15) is 0 Å². The van der Waals surface area contributed by atoms with Crippen LogP contribution in [0.4, 0.5) is 0 Å². The maximum absolute atomic E-state index is 12.0. The average molecular weight is 259 g/mol. The van der Waals surface area contributed by atoms with Gasteiger partial charge in [-0.15, -0.1) is 0 Å². The van der Waals surface area contributed by atoms with Crippen molar-refractivity contribution in [3.8, 4) is 11.5 Å². The predicted octanol–water partition coefficient (Wildman–Crippen LogP) is 1.45. The lowest BCUT2D eigenvalue weighted by Crippen LogP contribution is -2.40. The summed E-state index contributed by atoms with van der Waals surface area (Å²) < 4.78 is 11.6. The van der Waals surface area contributed by atoms with Gasteiger partial charge in [0.15, 0.2) is 5.78 Å². The number of carbonyl (C=O) groups is 1. The van der Waals surface area contributed by atoms with Crippen LogP contribution in [0, 0.1) is 0 Å². The van der Waals surface area contributed by atoms with E-state index in [9.17, 15) is 4.79 Å². The van der Waals surface area contributed by atoms with Gasteiger partial charge in [-0.25, -0.2) is 0 Å². The zero-order valence-electron chi connectivity index (χ0n) is 11.0. The summed E-state index contributed by atoms with van der Waals surface area (Å²) in [6, 6.07) is 0. The fourth-order valence-electron chi connectivity index (χ4n) is 3.44. The number of ether oxygens (including phenoxy) is 2. The maximum atomic E-state index is 12.0. The average Bonchev–Trinajstić information content (AvgIpc) is 2.92. The van der Waals surface area contributed by atoms with Crippen molar-refractivity contribution >= 4 is 5.78 Å². The summed E-state index contributed by atoms with van der Waals surface area (Å²) >= 11 is 0. The minimum absolute atomic E-state index is 0.0955. The Kier molecular flexibility index (Phi) is 2.36. The quantitative estimate of drug-likeness (QED) is 0.817. The Morgan fingerprint density at radius 2 is 1.79 bits per heavy atom. The van der Waals surface area contributed by atoms with Gasteiger partial charge >= 0.3 is 0 Å². The second-order valence-corrected chi connectivity index (χ2v) is 5.51. The molecule has 1 fully saturated rings. The highest BCUT2D eigenvalue weighted by molar-refractivity contribution is 6.00. The molecule has 0 aliphatic carbocycles. The molecule has 1 aromatic rings. The second-order valence-electron chi connectivity index (χ2n) is 5.51. The van der Waals surface area contributed by atoms with Crippen molar-refractivity contribution in [3.63, 3.8) is 0 Å². The monoisotopic (exact) mass is 259 g/mol. The maximum Gasteiger partial charge on any atom is 0.163 e. The van der Waals surface area contributed by atoms with E-state index in [0.29, 0.717) is 19.1 Å². The molecule has 0 aromatic heterocycles. The van der Waals surface area contributed by atoms with Crippen LogP contribution in [-0.4, -0.2) is 32.1 Å². The number of nitrogens with one attached hydrogen (secondary N) is 1. The number of rotatable bonds is 2. The molecule has 4 nitrogen and oxygen atoms in total. The Morgan fingerprint density at radius 1 is 1.11 bits per heavy atom. The van der Waals surface area contributed by atoms with Gasteiger partial charge in [0.25, 0.3) is 0 Å². The van der Waals surface area contributed by atoms with Gasteiger partial charge in [-0.1, -0.05) is 0 Å². The van der Waals surface area contributed by atoms with Gasteiger partial charge in [-0.3, -0.25) is 4.79 Å². The molecule has 0 radical (unpaired) electrons. The highest BCUT2D eigenvalue weighted by atomic mass is 16.5. The van der Waals surface area contributed by atoms with Crippen LogP contribution in [0.1, 0.15) is 39.9 Å². The van der Waals surface area contributed by atoms with E-state index in [1.165, 1.54) is 11.1 Å². The number of carbonyl (C=O) groups excluding carboxylic acids is 1. The molecule has 3 aliphatic heterocycles. The molecule has 100 valence electrons. The Hall–Kier alpha value is -1.55. The molecular weight excluding hydrogens is 242 g/mol. The molecule has 1 N–H and O–H groups in total. The first-order valence-electron chi connectivity index (χ1n) is 6.96. The molecule has 0 bridgehead atoms. The number of Topliss-reactive ketones (excluding diaryl/α,β-unsaturated/α-hetero) is 1. The van der Waals surface area contributed by atoms with E-state index in [2.05, 4.69) is 5.32 Å². The van der Waals surface area contributed by atoms with Crippen LogP contribution in [-0.2, 0) is 12.8 Å². The van der Waals surface area contributed by atoms with Gasteiger partial charge < -0.3 is 14.8 Å². The van der Waals surface area contributed by atoms with Gasteiger partial charge in [0.2, 0.25) is 0 Å². The summed E-state index contributed by atoms with van der Waals surface area (Å²) in [6.45, 7) is 5.00. The molecule has 4 heteroatoms. The van der Waals surface area contributed by atoms with Crippen molar-refractivity contribution in [3.05, 3.63) is 22.3 Å². The van der Waals surface area contributed by atoms with Crippen molar-refractivity contribution in [1.29, 1.82) is 0 Å². The fraction of sp³-hybridized carbons (Fsp3) is 0.533. The highest BCUT2D eigenvalue weighted by Gasteiger charge is 2.37. The zero-order chi connectivity index (χ0) is 13.0. The summed E-state index contributed by atoms with van der Waals surface area (Å²) in [7, 11) is 0. The van der Waals surface area contributed by atoms with Crippen LogP contribution >= 0.6 is 0 Å². The van der Waals surface area contributed by atoms with Crippen LogP contribution in [0.3, 0.4) is 0 Å². The van der Waals surface area contributed by atoms with Crippen LogP contribution in [0.5, 0.6) is 11.5 Å². The van der Waals surface area contributed by atoms with Crippen molar-refractivity contribution in [1.82, 2.24) is 5.32 Å². The molecular formula is C15H17NO3. The van der Waals surface area contributed by atoms with Crippen molar-refractivity contribution in [2.24, 2.45) is 0 Å². The fourth-order valence-corrected chi connectivity index (χ4v) is 3.44. The van der Waals surface area contributed by atoms with E-state index < -0.39 is 0 Å². The number of benzene rings is 1. The lowest BCUT2D eigenvalue weighted by molar-refractivity contribution is 0.101. The molecule has 3 heterocycles. The smallest absolute Gasteiger partial charge is 0.163 e. The predicted molar refractivity (Wildman–Crippen MR) is 70.5 cm³/mol.